The number of methoxy groups -OCH3 is 1. The highest BCUT2D eigenvalue weighted by molar-refractivity contribution is 5.77. The third-order valence-corrected chi connectivity index (χ3v) is 2.64. The minimum absolute atomic E-state index is 0.0413. The standard InChI is InChI=1S/C14H21NO4/c1-3-8-15(9-10-16)14(17)11-19-13-7-5-4-6-12(13)18-2/h4-7,16H,3,8-11H2,1-2H3. The average molecular weight is 267 g/mol. The van der Waals surface area contributed by atoms with E-state index in [-0.39, 0.29) is 19.1 Å². The average Bonchev–Trinajstić information content (AvgIpc) is 2.44. The lowest BCUT2D eigenvalue weighted by molar-refractivity contribution is -0.133. The first-order chi connectivity index (χ1) is 9.22. The fourth-order valence-electron chi connectivity index (χ4n) is 1.72. The molecule has 0 saturated heterocycles. The quantitative estimate of drug-likeness (QED) is 0.771. The van der Waals surface area contributed by atoms with E-state index in [1.165, 1.54) is 0 Å². The molecule has 0 spiro atoms. The van der Waals surface area contributed by atoms with Crippen LogP contribution in [0.5, 0.6) is 11.5 Å². The number of rotatable bonds is 8. The van der Waals surface area contributed by atoms with E-state index in [0.717, 1.165) is 6.42 Å². The van der Waals surface area contributed by atoms with Crippen LogP contribution in [-0.4, -0.2) is 49.3 Å². The molecule has 106 valence electrons. The minimum Gasteiger partial charge on any atom is -0.493 e. The van der Waals surface area contributed by atoms with Gasteiger partial charge in [-0.25, -0.2) is 0 Å². The number of aliphatic hydroxyl groups is 1. The van der Waals surface area contributed by atoms with Crippen LogP contribution in [0.15, 0.2) is 24.3 Å². The van der Waals surface area contributed by atoms with Gasteiger partial charge in [-0.2, -0.15) is 0 Å². The van der Waals surface area contributed by atoms with Crippen molar-refractivity contribution < 1.29 is 19.4 Å². The molecule has 0 aromatic heterocycles. The maximum absolute atomic E-state index is 11.9. The Morgan fingerprint density at radius 2 is 1.95 bits per heavy atom. The number of amides is 1. The van der Waals surface area contributed by atoms with Gasteiger partial charge < -0.3 is 19.5 Å². The van der Waals surface area contributed by atoms with Crippen molar-refractivity contribution in [2.75, 3.05) is 33.4 Å². The fourth-order valence-corrected chi connectivity index (χ4v) is 1.72. The number of nitrogens with zero attached hydrogens (tertiary/aromatic N) is 1. The molecule has 1 rings (SSSR count). The molecule has 0 bridgehead atoms. The van der Waals surface area contributed by atoms with Crippen LogP contribution in [0.25, 0.3) is 0 Å². The smallest absolute Gasteiger partial charge is 0.260 e. The lowest BCUT2D eigenvalue weighted by Crippen LogP contribution is -2.37. The fraction of sp³-hybridized carbons (Fsp3) is 0.500. The van der Waals surface area contributed by atoms with Gasteiger partial charge in [-0.3, -0.25) is 4.79 Å². The minimum atomic E-state index is -0.137. The van der Waals surface area contributed by atoms with Crippen LogP contribution in [0, 0.1) is 0 Å². The molecular formula is C14H21NO4. The zero-order valence-corrected chi connectivity index (χ0v) is 11.5. The van der Waals surface area contributed by atoms with E-state index in [0.29, 0.717) is 24.6 Å². The number of para-hydroxylation sites is 2. The molecule has 1 aromatic rings. The predicted octanol–water partition coefficient (Wildman–Crippen LogP) is 1.30. The molecule has 0 fully saturated rings. The van der Waals surface area contributed by atoms with E-state index in [2.05, 4.69) is 0 Å². The molecule has 0 aliphatic heterocycles. The van der Waals surface area contributed by atoms with Crippen molar-refractivity contribution in [3.05, 3.63) is 24.3 Å². The maximum Gasteiger partial charge on any atom is 0.260 e. The van der Waals surface area contributed by atoms with Crippen LogP contribution in [0.4, 0.5) is 0 Å². The molecule has 1 aromatic carbocycles. The molecule has 0 heterocycles. The van der Waals surface area contributed by atoms with Crippen molar-refractivity contribution in [2.24, 2.45) is 0 Å². The molecular weight excluding hydrogens is 246 g/mol. The Morgan fingerprint density at radius 1 is 1.26 bits per heavy atom. The van der Waals surface area contributed by atoms with Crippen LogP contribution in [0.1, 0.15) is 13.3 Å². The summed E-state index contributed by atoms with van der Waals surface area (Å²) in [4.78, 5) is 13.5. The molecule has 0 unspecified atom stereocenters. The molecule has 19 heavy (non-hydrogen) atoms. The molecule has 1 N–H and O–H groups in total. The number of carbonyl (C=O) groups is 1. The Morgan fingerprint density at radius 3 is 2.53 bits per heavy atom. The molecule has 0 aliphatic carbocycles. The highest BCUT2D eigenvalue weighted by Crippen LogP contribution is 2.25. The number of carbonyl (C=O) groups excluding carboxylic acids is 1. The van der Waals surface area contributed by atoms with Crippen LogP contribution in [0.2, 0.25) is 0 Å². The van der Waals surface area contributed by atoms with Gasteiger partial charge in [0.25, 0.3) is 5.91 Å². The molecule has 1 amide bonds. The normalized spacial score (nSPS) is 10.1. The summed E-state index contributed by atoms with van der Waals surface area (Å²) in [5.74, 6) is 1.00. The monoisotopic (exact) mass is 267 g/mol. The summed E-state index contributed by atoms with van der Waals surface area (Å²) in [5, 5.41) is 8.92. The van der Waals surface area contributed by atoms with Gasteiger partial charge in [0.15, 0.2) is 18.1 Å². The Kier molecular flexibility index (Phi) is 6.74. The second kappa shape index (κ2) is 8.37. The highest BCUT2D eigenvalue weighted by atomic mass is 16.5. The van der Waals surface area contributed by atoms with Gasteiger partial charge in [0.2, 0.25) is 0 Å². The van der Waals surface area contributed by atoms with Gasteiger partial charge in [0.05, 0.1) is 13.7 Å². The van der Waals surface area contributed by atoms with Crippen LogP contribution >= 0.6 is 0 Å². The number of aliphatic hydroxyl groups excluding tert-OH is 1. The van der Waals surface area contributed by atoms with Crippen LogP contribution in [0.3, 0.4) is 0 Å². The maximum atomic E-state index is 11.9. The largest absolute Gasteiger partial charge is 0.493 e. The lowest BCUT2D eigenvalue weighted by Gasteiger charge is -2.21. The van der Waals surface area contributed by atoms with E-state index in [4.69, 9.17) is 14.6 Å². The first kappa shape index (κ1) is 15.3. The van der Waals surface area contributed by atoms with Crippen molar-refractivity contribution in [2.45, 2.75) is 13.3 Å². The first-order valence-corrected chi connectivity index (χ1v) is 6.37. The first-order valence-electron chi connectivity index (χ1n) is 6.37. The van der Waals surface area contributed by atoms with Crippen molar-refractivity contribution in [1.29, 1.82) is 0 Å². The molecule has 0 atom stereocenters. The molecule has 0 radical (unpaired) electrons. The summed E-state index contributed by atoms with van der Waals surface area (Å²) in [7, 11) is 1.55. The van der Waals surface area contributed by atoms with Gasteiger partial charge in [0.1, 0.15) is 0 Å². The Bertz CT molecular complexity index is 389. The van der Waals surface area contributed by atoms with Gasteiger partial charge in [-0.05, 0) is 18.6 Å². The van der Waals surface area contributed by atoms with Gasteiger partial charge in [-0.1, -0.05) is 19.1 Å². The number of ether oxygens (including phenoxy) is 2. The van der Waals surface area contributed by atoms with Crippen molar-refractivity contribution in [1.82, 2.24) is 4.90 Å². The summed E-state index contributed by atoms with van der Waals surface area (Å²) in [6.07, 6.45) is 0.848. The SMILES string of the molecule is CCCN(CCO)C(=O)COc1ccccc1OC. The second-order valence-electron chi connectivity index (χ2n) is 4.04. The van der Waals surface area contributed by atoms with E-state index in [1.54, 1.807) is 24.1 Å². The molecule has 5 heteroatoms. The third kappa shape index (κ3) is 4.79. The van der Waals surface area contributed by atoms with Crippen LogP contribution < -0.4 is 9.47 Å². The zero-order valence-electron chi connectivity index (χ0n) is 11.5. The number of benzene rings is 1. The summed E-state index contributed by atoms with van der Waals surface area (Å²) in [5.41, 5.74) is 0. The van der Waals surface area contributed by atoms with Crippen LogP contribution in [-0.2, 0) is 4.79 Å². The Balaban J connectivity index is 2.56. The van der Waals surface area contributed by atoms with Crippen molar-refractivity contribution in [3.8, 4) is 11.5 Å². The summed E-state index contributed by atoms with van der Waals surface area (Å²) < 4.78 is 10.6. The summed E-state index contributed by atoms with van der Waals surface area (Å²) in [6.45, 7) is 2.84. The van der Waals surface area contributed by atoms with E-state index >= 15 is 0 Å². The topological polar surface area (TPSA) is 59.0 Å². The van der Waals surface area contributed by atoms with E-state index in [9.17, 15) is 4.79 Å². The van der Waals surface area contributed by atoms with E-state index < -0.39 is 0 Å². The molecule has 0 saturated carbocycles. The third-order valence-electron chi connectivity index (χ3n) is 2.64. The van der Waals surface area contributed by atoms with Crippen molar-refractivity contribution >= 4 is 5.91 Å². The van der Waals surface area contributed by atoms with Gasteiger partial charge in [-0.15, -0.1) is 0 Å². The highest BCUT2D eigenvalue weighted by Gasteiger charge is 2.13. The number of hydrogen-bond acceptors (Lipinski definition) is 4. The van der Waals surface area contributed by atoms with E-state index in [1.807, 2.05) is 19.1 Å². The second-order valence-corrected chi connectivity index (χ2v) is 4.04. The Hall–Kier alpha value is -1.75. The molecule has 5 nitrogen and oxygen atoms in total. The molecule has 0 aliphatic rings. The lowest BCUT2D eigenvalue weighted by atomic mass is 10.3. The Labute approximate surface area is 113 Å². The summed E-state index contributed by atoms with van der Waals surface area (Å²) in [6, 6.07) is 7.18. The van der Waals surface area contributed by atoms with Gasteiger partial charge in [0, 0.05) is 13.1 Å². The number of hydrogen-bond donors (Lipinski definition) is 1. The van der Waals surface area contributed by atoms with Gasteiger partial charge >= 0.3 is 0 Å². The predicted molar refractivity (Wildman–Crippen MR) is 72.4 cm³/mol. The van der Waals surface area contributed by atoms with Crippen molar-refractivity contribution in [3.63, 3.8) is 0 Å². The summed E-state index contributed by atoms with van der Waals surface area (Å²) >= 11 is 0. The zero-order chi connectivity index (χ0) is 14.1.